The van der Waals surface area contributed by atoms with Gasteiger partial charge in [-0.15, -0.1) is 11.3 Å². The van der Waals surface area contributed by atoms with E-state index in [1.165, 1.54) is 0 Å². The number of benzene rings is 1. The lowest BCUT2D eigenvalue weighted by Gasteiger charge is -2.23. The molecule has 0 aliphatic carbocycles. The molecule has 9 heteroatoms. The van der Waals surface area contributed by atoms with Crippen molar-refractivity contribution in [1.29, 1.82) is 0 Å². The molecule has 1 N–H and O–H groups in total. The van der Waals surface area contributed by atoms with Crippen LogP contribution in [0.25, 0.3) is 0 Å². The van der Waals surface area contributed by atoms with Crippen molar-refractivity contribution in [2.45, 2.75) is 24.8 Å². The van der Waals surface area contributed by atoms with Crippen LogP contribution in [0, 0.1) is 29.3 Å². The minimum Gasteiger partial charge on any atom is -0.360 e. The highest BCUT2D eigenvalue weighted by molar-refractivity contribution is 7.09. The monoisotopic (exact) mass is 434 g/mol. The van der Waals surface area contributed by atoms with Gasteiger partial charge in [-0.1, -0.05) is 18.2 Å². The number of carbonyl (C=O) groups excluding carboxylic acids is 2. The minimum absolute atomic E-state index is 0.172. The molecule has 4 atom stereocenters. The van der Waals surface area contributed by atoms with Gasteiger partial charge in [-0.05, 0) is 11.4 Å². The summed E-state index contributed by atoms with van der Waals surface area (Å²) in [5.74, 6) is -5.35. The van der Waals surface area contributed by atoms with Gasteiger partial charge in [-0.3, -0.25) is 9.59 Å². The zero-order valence-electron chi connectivity index (χ0n) is 15.6. The van der Waals surface area contributed by atoms with Crippen LogP contribution in [-0.2, 0) is 27.4 Å². The molecule has 0 saturated carbocycles. The summed E-state index contributed by atoms with van der Waals surface area (Å²) < 4.78 is 46.8. The Morgan fingerprint density at radius 2 is 2.07 bits per heavy atom. The number of rotatable bonds is 5. The number of nitrogens with zero attached hydrogens (tertiary/aromatic N) is 1. The molecule has 2 amide bonds. The highest BCUT2D eigenvalue weighted by Crippen LogP contribution is 2.52. The first-order valence-corrected chi connectivity index (χ1v) is 10.4. The Kier molecular flexibility index (Phi) is 4.48. The van der Waals surface area contributed by atoms with Crippen LogP contribution in [0.3, 0.4) is 0 Å². The molecular formula is C21H17F3N2O3S. The first-order valence-electron chi connectivity index (χ1n) is 9.47. The van der Waals surface area contributed by atoms with Crippen LogP contribution < -0.4 is 5.32 Å². The molecule has 4 heterocycles. The van der Waals surface area contributed by atoms with Gasteiger partial charge in [-0.25, -0.2) is 13.2 Å². The van der Waals surface area contributed by atoms with E-state index in [1.807, 2.05) is 23.6 Å². The van der Waals surface area contributed by atoms with E-state index in [0.29, 0.717) is 25.2 Å². The van der Waals surface area contributed by atoms with Gasteiger partial charge in [0.1, 0.15) is 23.1 Å². The maximum atomic E-state index is 13.9. The number of thiophene rings is 1. The fourth-order valence-corrected chi connectivity index (χ4v) is 5.36. The molecule has 30 heavy (non-hydrogen) atoms. The average Bonchev–Trinajstić information content (AvgIpc) is 3.44. The average molecular weight is 434 g/mol. The summed E-state index contributed by atoms with van der Waals surface area (Å²) in [6, 6.07) is 4.97. The second-order valence-electron chi connectivity index (χ2n) is 7.74. The maximum Gasteiger partial charge on any atom is 0.230 e. The summed E-state index contributed by atoms with van der Waals surface area (Å²) in [6.07, 6.45) is 3.05. The van der Waals surface area contributed by atoms with Gasteiger partial charge in [0.2, 0.25) is 11.8 Å². The third kappa shape index (κ3) is 2.95. The summed E-state index contributed by atoms with van der Waals surface area (Å²) >= 11 is 1.54. The zero-order valence-corrected chi connectivity index (χ0v) is 16.4. The second kappa shape index (κ2) is 6.95. The van der Waals surface area contributed by atoms with Crippen LogP contribution in [0.1, 0.15) is 10.4 Å². The number of amides is 2. The van der Waals surface area contributed by atoms with E-state index in [-0.39, 0.29) is 5.91 Å². The predicted octanol–water partition coefficient (Wildman–Crippen LogP) is 2.76. The van der Waals surface area contributed by atoms with Gasteiger partial charge in [0.05, 0.1) is 31.0 Å². The summed E-state index contributed by atoms with van der Waals surface area (Å²) in [5.41, 5.74) is -1.29. The molecule has 3 aliphatic rings. The van der Waals surface area contributed by atoms with E-state index in [0.717, 1.165) is 4.88 Å². The number of hydrogen-bond acceptors (Lipinski definition) is 4. The molecular weight excluding hydrogens is 417 g/mol. The van der Waals surface area contributed by atoms with Crippen LogP contribution in [0.4, 0.5) is 13.2 Å². The van der Waals surface area contributed by atoms with Crippen LogP contribution >= 0.6 is 11.3 Å². The molecule has 2 unspecified atom stereocenters. The van der Waals surface area contributed by atoms with Crippen molar-refractivity contribution < 1.29 is 27.5 Å². The summed E-state index contributed by atoms with van der Waals surface area (Å²) in [6.45, 7) is 0.347. The number of likely N-dealkylation sites (tertiary alicyclic amines) is 1. The first kappa shape index (κ1) is 19.3. The molecule has 2 fully saturated rings. The number of nitrogens with one attached hydrogen (secondary N) is 1. The smallest absolute Gasteiger partial charge is 0.230 e. The van der Waals surface area contributed by atoms with Crippen molar-refractivity contribution >= 4 is 23.2 Å². The standard InChI is InChI=1S/C21H17F3N2O3S/c22-11-6-14(23)13(15(24)7-11)8-25-19(27)17-16-3-4-21(29-16)10-26(20(28)18(17)21)9-12-2-1-5-30-12/h1-7,16-18H,8-10H2,(H,25,27)/t16-,17?,18-,21?/m0/s1. The molecule has 0 radical (unpaired) electrons. The van der Waals surface area contributed by atoms with Crippen molar-refractivity contribution in [2.24, 2.45) is 11.8 Å². The Balaban J connectivity index is 1.33. The molecule has 2 bridgehead atoms. The van der Waals surface area contributed by atoms with Gasteiger partial charge in [0, 0.05) is 29.1 Å². The Morgan fingerprint density at radius 1 is 1.30 bits per heavy atom. The number of fused-ring (bicyclic) bond motifs is 1. The third-order valence-electron chi connectivity index (χ3n) is 5.95. The molecule has 2 aromatic rings. The fourth-order valence-electron chi connectivity index (χ4n) is 4.64. The Hall–Kier alpha value is -2.65. The lowest BCUT2D eigenvalue weighted by molar-refractivity contribution is -0.137. The quantitative estimate of drug-likeness (QED) is 0.737. The van der Waals surface area contributed by atoms with E-state index >= 15 is 0 Å². The van der Waals surface area contributed by atoms with E-state index in [1.54, 1.807) is 22.3 Å². The van der Waals surface area contributed by atoms with Crippen LogP contribution in [0.15, 0.2) is 41.8 Å². The molecule has 156 valence electrons. The predicted molar refractivity (Wildman–Crippen MR) is 102 cm³/mol. The molecule has 5 rings (SSSR count). The second-order valence-corrected chi connectivity index (χ2v) is 8.77. The van der Waals surface area contributed by atoms with Crippen molar-refractivity contribution in [1.82, 2.24) is 10.2 Å². The molecule has 1 aromatic carbocycles. The fraction of sp³-hybridized carbons (Fsp3) is 0.333. The van der Waals surface area contributed by atoms with Gasteiger partial charge in [0.25, 0.3) is 0 Å². The van der Waals surface area contributed by atoms with Gasteiger partial charge >= 0.3 is 0 Å². The largest absolute Gasteiger partial charge is 0.360 e. The number of halogens is 3. The summed E-state index contributed by atoms with van der Waals surface area (Å²) in [5, 5.41) is 4.42. The normalized spacial score (nSPS) is 29.0. The Bertz CT molecular complexity index is 1030. The number of hydrogen-bond donors (Lipinski definition) is 1. The maximum absolute atomic E-state index is 13.9. The highest BCUT2D eigenvalue weighted by atomic mass is 32.1. The van der Waals surface area contributed by atoms with Crippen molar-refractivity contribution in [2.75, 3.05) is 6.54 Å². The molecule has 3 aliphatic heterocycles. The van der Waals surface area contributed by atoms with E-state index in [4.69, 9.17) is 4.74 Å². The molecule has 1 spiro atoms. The molecule has 2 saturated heterocycles. The van der Waals surface area contributed by atoms with Crippen LogP contribution in [-0.4, -0.2) is 35.0 Å². The minimum atomic E-state index is -1.08. The third-order valence-corrected chi connectivity index (χ3v) is 6.81. The van der Waals surface area contributed by atoms with Crippen LogP contribution in [0.5, 0.6) is 0 Å². The zero-order chi connectivity index (χ0) is 21.0. The number of carbonyl (C=O) groups is 2. The van der Waals surface area contributed by atoms with E-state index in [2.05, 4.69) is 5.32 Å². The van der Waals surface area contributed by atoms with E-state index in [9.17, 15) is 22.8 Å². The topological polar surface area (TPSA) is 58.6 Å². The van der Waals surface area contributed by atoms with Crippen molar-refractivity contribution in [3.05, 3.63) is 69.7 Å². The first-order chi connectivity index (χ1) is 14.4. The van der Waals surface area contributed by atoms with Gasteiger partial charge < -0.3 is 15.0 Å². The Labute approximate surface area is 174 Å². The molecule has 1 aromatic heterocycles. The van der Waals surface area contributed by atoms with Gasteiger partial charge in [-0.2, -0.15) is 0 Å². The van der Waals surface area contributed by atoms with Crippen molar-refractivity contribution in [3.8, 4) is 0 Å². The number of ether oxygens (including phenoxy) is 1. The lowest BCUT2D eigenvalue weighted by Crippen LogP contribution is -2.44. The van der Waals surface area contributed by atoms with Crippen LogP contribution in [0.2, 0.25) is 0 Å². The highest BCUT2D eigenvalue weighted by Gasteiger charge is 2.66. The SMILES string of the molecule is O=C(NCc1c(F)cc(F)cc1F)C1[C@@H]2C=CC3(CN(Cc4cccs4)C(=O)[C@H]13)O2. The Morgan fingerprint density at radius 3 is 2.77 bits per heavy atom. The van der Waals surface area contributed by atoms with Gasteiger partial charge in [0.15, 0.2) is 0 Å². The summed E-state index contributed by atoms with van der Waals surface area (Å²) in [7, 11) is 0. The van der Waals surface area contributed by atoms with E-state index < -0.39 is 59.0 Å². The summed E-state index contributed by atoms with van der Waals surface area (Å²) in [4.78, 5) is 28.7. The molecule has 5 nitrogen and oxygen atoms in total. The lowest BCUT2D eigenvalue weighted by atomic mass is 9.77. The van der Waals surface area contributed by atoms with Crippen molar-refractivity contribution in [3.63, 3.8) is 0 Å².